The molecule has 2 aromatic heterocycles. The molecule has 0 fully saturated rings. The second-order valence-electron chi connectivity index (χ2n) is 8.10. The Morgan fingerprint density at radius 3 is 2.44 bits per heavy atom. The lowest BCUT2D eigenvalue weighted by atomic mass is 9.75. The zero-order valence-corrected chi connectivity index (χ0v) is 18.1. The summed E-state index contributed by atoms with van der Waals surface area (Å²) in [6.45, 7) is 3.83. The molecule has 0 spiro atoms. The molecule has 8 nitrogen and oxygen atoms in total. The molecule has 0 saturated heterocycles. The molecule has 0 radical (unpaired) electrons. The SMILES string of the molecule is CC(C)C[C@H](NC(=O)[C@H](Cc1ccccn1)NC(=O)c1ccc2ccccc2n1)B(O)O. The van der Waals surface area contributed by atoms with Crippen molar-refractivity contribution in [2.45, 2.75) is 38.7 Å². The molecule has 0 bridgehead atoms. The van der Waals surface area contributed by atoms with Crippen molar-refractivity contribution in [1.29, 1.82) is 0 Å². The van der Waals surface area contributed by atoms with Crippen LogP contribution in [0, 0.1) is 5.92 Å². The third kappa shape index (κ3) is 6.35. The summed E-state index contributed by atoms with van der Waals surface area (Å²) in [5.41, 5.74) is 1.47. The Labute approximate surface area is 187 Å². The van der Waals surface area contributed by atoms with Crippen LogP contribution in [-0.4, -0.2) is 50.9 Å². The Morgan fingerprint density at radius 1 is 1.00 bits per heavy atom. The molecule has 0 aliphatic heterocycles. The molecule has 2 amide bonds. The molecule has 2 atom stereocenters. The molecule has 166 valence electrons. The number of aromatic nitrogens is 2. The number of benzene rings is 1. The van der Waals surface area contributed by atoms with Crippen LogP contribution in [0.5, 0.6) is 0 Å². The van der Waals surface area contributed by atoms with Crippen LogP contribution in [0.15, 0.2) is 60.8 Å². The van der Waals surface area contributed by atoms with E-state index < -0.39 is 30.9 Å². The predicted octanol–water partition coefficient (Wildman–Crippen LogP) is 1.51. The lowest BCUT2D eigenvalue weighted by molar-refractivity contribution is -0.123. The van der Waals surface area contributed by atoms with Gasteiger partial charge in [0.2, 0.25) is 5.91 Å². The molecule has 1 aromatic carbocycles. The Kier molecular flexibility index (Phi) is 7.91. The quantitative estimate of drug-likeness (QED) is 0.379. The summed E-state index contributed by atoms with van der Waals surface area (Å²) in [5.74, 6) is -1.75. The van der Waals surface area contributed by atoms with Crippen LogP contribution < -0.4 is 10.6 Å². The maximum atomic E-state index is 13.0. The Balaban J connectivity index is 1.81. The van der Waals surface area contributed by atoms with Crippen LogP contribution in [0.1, 0.15) is 36.5 Å². The molecular weight excluding hydrogens is 407 g/mol. The standard InChI is InChI=1S/C23H27BN4O4/c1-15(2)13-21(24(31)32)28-23(30)20(14-17-8-5-6-12-25-17)27-22(29)19-11-10-16-7-3-4-9-18(16)26-19/h3-12,15,20-21,31-32H,13-14H2,1-2H3,(H,27,29)(H,28,30)/t20-,21-/m0/s1. The van der Waals surface area contributed by atoms with Gasteiger partial charge in [0.15, 0.2) is 0 Å². The van der Waals surface area contributed by atoms with E-state index in [4.69, 9.17) is 0 Å². The lowest BCUT2D eigenvalue weighted by Gasteiger charge is -2.24. The van der Waals surface area contributed by atoms with Crippen LogP contribution in [0.3, 0.4) is 0 Å². The van der Waals surface area contributed by atoms with Gasteiger partial charge < -0.3 is 20.7 Å². The number of carbonyl (C=O) groups is 2. The number of hydrogen-bond acceptors (Lipinski definition) is 6. The highest BCUT2D eigenvalue weighted by molar-refractivity contribution is 6.43. The van der Waals surface area contributed by atoms with Crippen molar-refractivity contribution in [3.63, 3.8) is 0 Å². The summed E-state index contributed by atoms with van der Waals surface area (Å²) in [4.78, 5) is 34.6. The van der Waals surface area contributed by atoms with Gasteiger partial charge in [0, 0.05) is 23.7 Å². The van der Waals surface area contributed by atoms with E-state index >= 15 is 0 Å². The number of amides is 2. The number of nitrogens with zero attached hydrogens (tertiary/aromatic N) is 2. The molecule has 0 unspecified atom stereocenters. The second-order valence-corrected chi connectivity index (χ2v) is 8.10. The average molecular weight is 434 g/mol. The van der Waals surface area contributed by atoms with Crippen molar-refractivity contribution in [2.75, 3.05) is 0 Å². The summed E-state index contributed by atoms with van der Waals surface area (Å²) >= 11 is 0. The van der Waals surface area contributed by atoms with Gasteiger partial charge in [-0.25, -0.2) is 4.98 Å². The highest BCUT2D eigenvalue weighted by Gasteiger charge is 2.30. The first kappa shape index (κ1) is 23.4. The Morgan fingerprint density at radius 2 is 1.75 bits per heavy atom. The van der Waals surface area contributed by atoms with Crippen molar-refractivity contribution < 1.29 is 19.6 Å². The van der Waals surface area contributed by atoms with Crippen LogP contribution in [0.4, 0.5) is 0 Å². The third-order valence-corrected chi connectivity index (χ3v) is 5.01. The molecule has 0 aliphatic rings. The Bertz CT molecular complexity index is 1060. The molecular formula is C23H27BN4O4. The van der Waals surface area contributed by atoms with Crippen LogP contribution in [-0.2, 0) is 11.2 Å². The maximum Gasteiger partial charge on any atom is 0.475 e. The molecule has 0 aliphatic carbocycles. The van der Waals surface area contributed by atoms with E-state index in [1.807, 2.05) is 38.1 Å². The number of para-hydroxylation sites is 1. The summed E-state index contributed by atoms with van der Waals surface area (Å²) in [6.07, 6.45) is 2.12. The van der Waals surface area contributed by atoms with E-state index in [0.29, 0.717) is 17.6 Å². The normalized spacial score (nSPS) is 12.9. The van der Waals surface area contributed by atoms with Gasteiger partial charge in [-0.15, -0.1) is 0 Å². The second kappa shape index (κ2) is 10.8. The molecule has 4 N–H and O–H groups in total. The van der Waals surface area contributed by atoms with Crippen molar-refractivity contribution in [3.8, 4) is 0 Å². The van der Waals surface area contributed by atoms with E-state index in [0.717, 1.165) is 5.39 Å². The van der Waals surface area contributed by atoms with Crippen LogP contribution >= 0.6 is 0 Å². The number of pyridine rings is 2. The smallest absolute Gasteiger partial charge is 0.426 e. The van der Waals surface area contributed by atoms with E-state index in [9.17, 15) is 19.6 Å². The first-order valence-corrected chi connectivity index (χ1v) is 10.6. The van der Waals surface area contributed by atoms with E-state index in [-0.39, 0.29) is 18.0 Å². The van der Waals surface area contributed by atoms with Crippen LogP contribution in [0.2, 0.25) is 0 Å². The molecule has 32 heavy (non-hydrogen) atoms. The topological polar surface area (TPSA) is 124 Å². The van der Waals surface area contributed by atoms with Gasteiger partial charge in [0.05, 0.1) is 11.5 Å². The summed E-state index contributed by atoms with van der Waals surface area (Å²) in [5, 5.41) is 25.6. The number of carbonyl (C=O) groups excluding carboxylic acids is 2. The molecule has 0 saturated carbocycles. The number of nitrogens with one attached hydrogen (secondary N) is 2. The van der Waals surface area contributed by atoms with E-state index in [1.165, 1.54) is 0 Å². The average Bonchev–Trinajstić information content (AvgIpc) is 2.78. The molecule has 3 aromatic rings. The molecule has 2 heterocycles. The van der Waals surface area contributed by atoms with Gasteiger partial charge >= 0.3 is 7.12 Å². The summed E-state index contributed by atoms with van der Waals surface area (Å²) < 4.78 is 0. The Hall–Kier alpha value is -3.30. The predicted molar refractivity (Wildman–Crippen MR) is 123 cm³/mol. The van der Waals surface area contributed by atoms with E-state index in [1.54, 1.807) is 36.5 Å². The monoisotopic (exact) mass is 434 g/mol. The fourth-order valence-corrected chi connectivity index (χ4v) is 3.41. The largest absolute Gasteiger partial charge is 0.475 e. The highest BCUT2D eigenvalue weighted by atomic mass is 16.4. The van der Waals surface area contributed by atoms with Gasteiger partial charge in [-0.3, -0.25) is 14.6 Å². The van der Waals surface area contributed by atoms with Gasteiger partial charge in [0.1, 0.15) is 11.7 Å². The minimum Gasteiger partial charge on any atom is -0.426 e. The molecule has 9 heteroatoms. The maximum absolute atomic E-state index is 13.0. The van der Waals surface area contributed by atoms with Gasteiger partial charge in [-0.2, -0.15) is 0 Å². The lowest BCUT2D eigenvalue weighted by Crippen LogP contribution is -2.55. The third-order valence-electron chi connectivity index (χ3n) is 5.01. The minimum absolute atomic E-state index is 0.132. The number of hydrogen-bond donors (Lipinski definition) is 4. The van der Waals surface area contributed by atoms with Crippen molar-refractivity contribution in [1.82, 2.24) is 20.6 Å². The summed E-state index contributed by atoms with van der Waals surface area (Å²) in [6, 6.07) is 15.2. The van der Waals surface area contributed by atoms with E-state index in [2.05, 4.69) is 20.6 Å². The van der Waals surface area contributed by atoms with Crippen molar-refractivity contribution >= 4 is 29.8 Å². The minimum atomic E-state index is -1.71. The van der Waals surface area contributed by atoms with Crippen LogP contribution in [0.25, 0.3) is 10.9 Å². The molecule has 3 rings (SSSR count). The van der Waals surface area contributed by atoms with Crippen molar-refractivity contribution in [3.05, 3.63) is 72.2 Å². The highest BCUT2D eigenvalue weighted by Crippen LogP contribution is 2.12. The summed E-state index contributed by atoms with van der Waals surface area (Å²) in [7, 11) is -1.71. The first-order chi connectivity index (χ1) is 15.3. The number of fused-ring (bicyclic) bond motifs is 1. The fraction of sp³-hybridized carbons (Fsp3) is 0.304. The fourth-order valence-electron chi connectivity index (χ4n) is 3.41. The zero-order valence-electron chi connectivity index (χ0n) is 18.1. The van der Waals surface area contributed by atoms with Gasteiger partial charge in [0.25, 0.3) is 5.91 Å². The number of rotatable bonds is 9. The van der Waals surface area contributed by atoms with Gasteiger partial charge in [-0.1, -0.05) is 44.2 Å². The van der Waals surface area contributed by atoms with Gasteiger partial charge in [-0.05, 0) is 36.6 Å². The first-order valence-electron chi connectivity index (χ1n) is 10.6. The van der Waals surface area contributed by atoms with Crippen molar-refractivity contribution in [2.24, 2.45) is 5.92 Å². The zero-order chi connectivity index (χ0) is 23.1.